The summed E-state index contributed by atoms with van der Waals surface area (Å²) in [5.41, 5.74) is 1.30. The van der Waals surface area contributed by atoms with Crippen LogP contribution < -0.4 is 10.1 Å². The summed E-state index contributed by atoms with van der Waals surface area (Å²) in [6.45, 7) is 4.23. The topological polar surface area (TPSA) is 38.3 Å². The Morgan fingerprint density at radius 3 is 2.74 bits per heavy atom. The highest BCUT2D eigenvalue weighted by Crippen LogP contribution is 2.75. The first kappa shape index (κ1) is 11.3. The number of hydrogen-bond acceptors (Lipinski definition) is 2. The zero-order valence-electron chi connectivity index (χ0n) is 11.3. The number of nitrogens with one attached hydrogen (secondary N) is 1. The fourth-order valence-corrected chi connectivity index (χ4v) is 3.43. The Morgan fingerprint density at radius 1 is 1.42 bits per heavy atom. The molecule has 2 aliphatic carbocycles. The van der Waals surface area contributed by atoms with Gasteiger partial charge in [0.25, 0.3) is 0 Å². The third kappa shape index (κ3) is 1.54. The van der Waals surface area contributed by atoms with E-state index in [0.29, 0.717) is 11.8 Å². The Balaban J connectivity index is 1.47. The van der Waals surface area contributed by atoms with Gasteiger partial charge < -0.3 is 10.1 Å². The van der Waals surface area contributed by atoms with Crippen LogP contribution in [0.5, 0.6) is 5.75 Å². The van der Waals surface area contributed by atoms with E-state index in [-0.39, 0.29) is 23.5 Å². The van der Waals surface area contributed by atoms with E-state index in [0.717, 1.165) is 18.6 Å². The smallest absolute Gasteiger partial charge is 0.226 e. The van der Waals surface area contributed by atoms with Crippen LogP contribution in [0.2, 0.25) is 0 Å². The van der Waals surface area contributed by atoms with Crippen molar-refractivity contribution < 1.29 is 9.53 Å². The van der Waals surface area contributed by atoms with Crippen molar-refractivity contribution in [1.82, 2.24) is 5.32 Å². The van der Waals surface area contributed by atoms with Crippen molar-refractivity contribution in [3.8, 4) is 5.75 Å². The minimum Gasteiger partial charge on any atom is -0.487 e. The van der Waals surface area contributed by atoms with Crippen LogP contribution in [0.25, 0.3) is 0 Å². The Morgan fingerprint density at radius 2 is 2.11 bits per heavy atom. The first-order chi connectivity index (χ1) is 9.12. The van der Waals surface area contributed by atoms with Gasteiger partial charge in [-0.2, -0.15) is 0 Å². The zero-order chi connectivity index (χ0) is 13.2. The molecule has 1 aromatic carbocycles. The van der Waals surface area contributed by atoms with Crippen molar-refractivity contribution in [2.45, 2.75) is 44.8 Å². The fourth-order valence-electron chi connectivity index (χ4n) is 3.43. The summed E-state index contributed by atoms with van der Waals surface area (Å²) in [6.07, 6.45) is 2.26. The van der Waals surface area contributed by atoms with Gasteiger partial charge in [0.1, 0.15) is 11.9 Å². The molecule has 3 atom stereocenters. The SMILES string of the molecule is CC(NC(=O)C12CC1C2)C1Oc2ccccc2C1C. The number of hydrogen-bond donors (Lipinski definition) is 1. The highest BCUT2D eigenvalue weighted by atomic mass is 16.5. The van der Waals surface area contributed by atoms with Gasteiger partial charge in [0.2, 0.25) is 5.91 Å². The minimum absolute atomic E-state index is 0.0446. The molecule has 1 aliphatic heterocycles. The van der Waals surface area contributed by atoms with Crippen LogP contribution in [-0.4, -0.2) is 18.1 Å². The van der Waals surface area contributed by atoms with Gasteiger partial charge >= 0.3 is 0 Å². The first-order valence-corrected chi connectivity index (χ1v) is 7.18. The Bertz CT molecular complexity index is 547. The van der Waals surface area contributed by atoms with Gasteiger partial charge in [-0.25, -0.2) is 0 Å². The maximum atomic E-state index is 12.1. The number of para-hydroxylation sites is 1. The zero-order valence-corrected chi connectivity index (χ0v) is 11.3. The lowest BCUT2D eigenvalue weighted by molar-refractivity contribution is -0.125. The van der Waals surface area contributed by atoms with Crippen LogP contribution in [-0.2, 0) is 4.79 Å². The quantitative estimate of drug-likeness (QED) is 0.903. The van der Waals surface area contributed by atoms with Crippen LogP contribution in [0, 0.1) is 11.3 Å². The van der Waals surface area contributed by atoms with E-state index in [1.807, 2.05) is 18.2 Å². The summed E-state index contributed by atoms with van der Waals surface area (Å²) in [5.74, 6) is 2.24. The number of ether oxygens (including phenoxy) is 1. The Hall–Kier alpha value is -1.51. The summed E-state index contributed by atoms with van der Waals surface area (Å²) >= 11 is 0. The van der Waals surface area contributed by atoms with E-state index in [9.17, 15) is 4.79 Å². The molecule has 100 valence electrons. The summed E-state index contributed by atoms with van der Waals surface area (Å²) < 4.78 is 6.01. The molecule has 2 saturated carbocycles. The molecule has 2 fully saturated rings. The third-order valence-corrected chi connectivity index (χ3v) is 5.15. The normalized spacial score (nSPS) is 38.7. The highest BCUT2D eigenvalue weighted by Gasteiger charge is 2.74. The molecule has 19 heavy (non-hydrogen) atoms. The predicted octanol–water partition coefficient (Wildman–Crippen LogP) is 2.47. The largest absolute Gasteiger partial charge is 0.487 e. The van der Waals surface area contributed by atoms with Crippen molar-refractivity contribution in [2.75, 3.05) is 0 Å². The second-order valence-electron chi connectivity index (χ2n) is 6.43. The van der Waals surface area contributed by atoms with Gasteiger partial charge in [-0.1, -0.05) is 25.1 Å². The van der Waals surface area contributed by atoms with Gasteiger partial charge in [0, 0.05) is 11.5 Å². The number of fused-ring (bicyclic) bond motifs is 2. The van der Waals surface area contributed by atoms with Crippen LogP contribution in [0.3, 0.4) is 0 Å². The van der Waals surface area contributed by atoms with Crippen LogP contribution in [0.4, 0.5) is 0 Å². The van der Waals surface area contributed by atoms with Crippen LogP contribution in [0.15, 0.2) is 24.3 Å². The molecular weight excluding hydrogens is 238 g/mol. The second kappa shape index (κ2) is 3.53. The molecule has 3 aliphatic rings. The molecule has 0 aromatic heterocycles. The molecule has 0 spiro atoms. The average Bonchev–Trinajstić information content (AvgIpc) is 3.22. The fraction of sp³-hybridized carbons (Fsp3) is 0.562. The van der Waals surface area contributed by atoms with Crippen molar-refractivity contribution in [3.63, 3.8) is 0 Å². The van der Waals surface area contributed by atoms with Gasteiger partial charge in [-0.15, -0.1) is 0 Å². The molecule has 1 N–H and O–H groups in total. The molecule has 3 heteroatoms. The standard InChI is InChI=1S/C16H19NO2/c1-9-12-5-3-4-6-13(12)19-14(9)10(2)17-15(18)16-7-11(16)8-16/h3-6,9-11,14H,7-8H2,1-2H3,(H,17,18). The molecule has 0 radical (unpaired) electrons. The monoisotopic (exact) mass is 257 g/mol. The van der Waals surface area contributed by atoms with Crippen LogP contribution >= 0.6 is 0 Å². The minimum atomic E-state index is 0.0446. The highest BCUT2D eigenvalue weighted by molar-refractivity contribution is 5.90. The van der Waals surface area contributed by atoms with E-state index in [1.165, 1.54) is 5.56 Å². The van der Waals surface area contributed by atoms with E-state index in [4.69, 9.17) is 4.74 Å². The van der Waals surface area contributed by atoms with Crippen molar-refractivity contribution in [3.05, 3.63) is 29.8 Å². The molecule has 4 rings (SSSR count). The van der Waals surface area contributed by atoms with Crippen LogP contribution in [0.1, 0.15) is 38.2 Å². The number of carbonyl (C=O) groups excluding carboxylic acids is 1. The lowest BCUT2D eigenvalue weighted by atomic mass is 9.93. The summed E-state index contributed by atoms with van der Waals surface area (Å²) in [7, 11) is 0. The van der Waals surface area contributed by atoms with Gasteiger partial charge in [-0.3, -0.25) is 4.79 Å². The van der Waals surface area contributed by atoms with Gasteiger partial charge in [0.05, 0.1) is 11.5 Å². The van der Waals surface area contributed by atoms with E-state index < -0.39 is 0 Å². The summed E-state index contributed by atoms with van der Waals surface area (Å²) in [5, 5.41) is 3.17. The second-order valence-corrected chi connectivity index (χ2v) is 6.43. The molecule has 0 bridgehead atoms. The molecular formula is C16H19NO2. The lowest BCUT2D eigenvalue weighted by Crippen LogP contribution is -2.45. The van der Waals surface area contributed by atoms with Gasteiger partial charge in [-0.05, 0) is 31.7 Å². The van der Waals surface area contributed by atoms with Crippen molar-refractivity contribution in [2.24, 2.45) is 11.3 Å². The molecule has 3 unspecified atom stereocenters. The summed E-state index contributed by atoms with van der Waals surface area (Å²) in [6, 6.07) is 8.23. The average molecular weight is 257 g/mol. The maximum Gasteiger partial charge on any atom is 0.226 e. The molecule has 1 heterocycles. The van der Waals surface area contributed by atoms with E-state index >= 15 is 0 Å². The molecule has 3 nitrogen and oxygen atoms in total. The molecule has 1 amide bonds. The Labute approximate surface area is 113 Å². The molecule has 0 saturated heterocycles. The summed E-state index contributed by atoms with van der Waals surface area (Å²) in [4.78, 5) is 12.1. The molecule has 1 aromatic rings. The lowest BCUT2D eigenvalue weighted by Gasteiger charge is -2.24. The predicted molar refractivity (Wildman–Crippen MR) is 72.0 cm³/mol. The number of rotatable bonds is 3. The van der Waals surface area contributed by atoms with E-state index in [1.54, 1.807) is 0 Å². The third-order valence-electron chi connectivity index (χ3n) is 5.15. The van der Waals surface area contributed by atoms with Gasteiger partial charge in [0.15, 0.2) is 0 Å². The van der Waals surface area contributed by atoms with Crippen molar-refractivity contribution >= 4 is 5.91 Å². The van der Waals surface area contributed by atoms with Crippen molar-refractivity contribution in [1.29, 1.82) is 0 Å². The maximum absolute atomic E-state index is 12.1. The number of carbonyl (C=O) groups is 1. The van der Waals surface area contributed by atoms with E-state index in [2.05, 4.69) is 25.2 Å². The Kier molecular flexibility index (Phi) is 2.10. The first-order valence-electron chi connectivity index (χ1n) is 7.18. The number of amides is 1. The number of benzene rings is 1.